The predicted octanol–water partition coefficient (Wildman–Crippen LogP) is 6.25. The Morgan fingerprint density at radius 2 is 1.84 bits per heavy atom. The molecule has 5 rings (SSSR count). The molecule has 2 fully saturated rings. The van der Waals surface area contributed by atoms with E-state index in [0.717, 1.165) is 29.7 Å². The van der Waals surface area contributed by atoms with Crippen LogP contribution in [-0.2, 0) is 11.3 Å². The molecule has 1 aliphatic carbocycles. The normalized spacial score (nSPS) is 16.5. The summed E-state index contributed by atoms with van der Waals surface area (Å²) in [6.45, 7) is 9.31. The minimum Gasteiger partial charge on any atom is -0.489 e. The first-order chi connectivity index (χ1) is 18.0. The van der Waals surface area contributed by atoms with E-state index in [2.05, 4.69) is 10.4 Å². The van der Waals surface area contributed by atoms with E-state index in [4.69, 9.17) is 21.1 Å². The van der Waals surface area contributed by atoms with Gasteiger partial charge in [-0.15, -0.1) is 0 Å². The summed E-state index contributed by atoms with van der Waals surface area (Å²) in [7, 11) is 0. The van der Waals surface area contributed by atoms with Crippen molar-refractivity contribution in [1.29, 1.82) is 0 Å². The maximum Gasteiger partial charge on any atom is 0.410 e. The summed E-state index contributed by atoms with van der Waals surface area (Å²) in [6.07, 6.45) is 2.90. The highest BCUT2D eigenvalue weighted by Crippen LogP contribution is 2.54. The van der Waals surface area contributed by atoms with Crippen LogP contribution in [0.2, 0.25) is 5.02 Å². The number of halogens is 1. The van der Waals surface area contributed by atoms with Gasteiger partial charge < -0.3 is 19.7 Å². The Bertz CT molecular complexity index is 1330. The zero-order chi connectivity index (χ0) is 27.1. The Labute approximate surface area is 227 Å². The molecule has 2 amide bonds. The zero-order valence-electron chi connectivity index (χ0n) is 22.2. The van der Waals surface area contributed by atoms with Crippen LogP contribution >= 0.6 is 11.6 Å². The van der Waals surface area contributed by atoms with E-state index in [1.54, 1.807) is 9.58 Å². The van der Waals surface area contributed by atoms with Crippen LogP contribution in [0.15, 0.2) is 54.7 Å². The number of benzene rings is 2. The van der Waals surface area contributed by atoms with Gasteiger partial charge in [-0.2, -0.15) is 5.10 Å². The third kappa shape index (κ3) is 5.50. The number of rotatable bonds is 6. The van der Waals surface area contributed by atoms with Crippen LogP contribution in [-0.4, -0.2) is 45.4 Å². The SMILES string of the molecule is Cc1cc(OCc2ccccc2)ccc1NC(=O)c1c(Cl)cnn1C1CC2(C1)CN(C(=O)OC(C)(C)C)C2. The number of nitrogens with one attached hydrogen (secondary N) is 1. The molecule has 2 aromatic carbocycles. The molecule has 8 nitrogen and oxygen atoms in total. The lowest BCUT2D eigenvalue weighted by Gasteiger charge is -2.58. The van der Waals surface area contributed by atoms with Crippen LogP contribution in [0.25, 0.3) is 0 Å². The van der Waals surface area contributed by atoms with E-state index in [1.165, 1.54) is 6.20 Å². The van der Waals surface area contributed by atoms with Crippen LogP contribution in [0.3, 0.4) is 0 Å². The Balaban J connectivity index is 1.19. The number of hydrogen-bond donors (Lipinski definition) is 1. The standard InChI is InChI=1S/C29H33ClN4O4/c1-19-12-22(37-16-20-8-6-5-7-9-20)10-11-24(19)32-26(35)25-23(30)15-31-34(25)21-13-29(14-21)17-33(18-29)27(36)38-28(2,3)4/h5-12,15,21H,13-14,16-18H2,1-4H3,(H,32,35). The molecular weight excluding hydrogens is 504 g/mol. The first-order valence-electron chi connectivity index (χ1n) is 12.8. The van der Waals surface area contributed by atoms with Gasteiger partial charge in [0.05, 0.1) is 17.3 Å². The van der Waals surface area contributed by atoms with Crippen LogP contribution in [0.1, 0.15) is 61.3 Å². The minimum absolute atomic E-state index is 0.0545. The molecule has 9 heteroatoms. The summed E-state index contributed by atoms with van der Waals surface area (Å²) in [6, 6.07) is 15.6. The van der Waals surface area contributed by atoms with Crippen LogP contribution < -0.4 is 10.1 Å². The van der Waals surface area contributed by atoms with Crippen molar-refractivity contribution in [3.63, 3.8) is 0 Å². The summed E-state index contributed by atoms with van der Waals surface area (Å²) >= 11 is 6.41. The van der Waals surface area contributed by atoms with E-state index >= 15 is 0 Å². The molecule has 0 radical (unpaired) electrons. The number of aryl methyl sites for hydroxylation is 1. The van der Waals surface area contributed by atoms with E-state index in [0.29, 0.717) is 36.1 Å². The third-order valence-corrected chi connectivity index (χ3v) is 7.32. The predicted molar refractivity (Wildman–Crippen MR) is 146 cm³/mol. The molecule has 1 saturated heterocycles. The summed E-state index contributed by atoms with van der Waals surface area (Å²) in [5.41, 5.74) is 2.54. The number of carbonyl (C=O) groups is 2. The minimum atomic E-state index is -0.510. The van der Waals surface area contributed by atoms with Crippen molar-refractivity contribution in [3.05, 3.63) is 76.6 Å². The second-order valence-corrected chi connectivity index (χ2v) is 11.8. The molecule has 200 valence electrons. The highest BCUT2D eigenvalue weighted by atomic mass is 35.5. The highest BCUT2D eigenvalue weighted by molar-refractivity contribution is 6.34. The summed E-state index contributed by atoms with van der Waals surface area (Å²) < 4.78 is 13.1. The Morgan fingerprint density at radius 3 is 2.50 bits per heavy atom. The number of anilines is 1. The zero-order valence-corrected chi connectivity index (χ0v) is 22.9. The lowest BCUT2D eigenvalue weighted by atomic mass is 9.61. The van der Waals surface area contributed by atoms with Gasteiger partial charge in [0.25, 0.3) is 5.91 Å². The molecule has 1 N–H and O–H groups in total. The van der Waals surface area contributed by atoms with Crippen molar-refractivity contribution in [2.75, 3.05) is 18.4 Å². The molecule has 1 saturated carbocycles. The van der Waals surface area contributed by atoms with Gasteiger partial charge in [0.2, 0.25) is 0 Å². The Hall–Kier alpha value is -3.52. The average Bonchev–Trinajstić information content (AvgIpc) is 3.18. The lowest BCUT2D eigenvalue weighted by molar-refractivity contribution is -0.0929. The van der Waals surface area contributed by atoms with Gasteiger partial charge in [-0.05, 0) is 69.9 Å². The fourth-order valence-electron chi connectivity index (χ4n) is 5.21. The molecule has 0 atom stereocenters. The second-order valence-electron chi connectivity index (χ2n) is 11.4. The molecule has 0 unspecified atom stereocenters. The number of carbonyl (C=O) groups excluding carboxylic acids is 2. The van der Waals surface area contributed by atoms with Crippen molar-refractivity contribution < 1.29 is 19.1 Å². The number of ether oxygens (including phenoxy) is 2. The molecule has 1 spiro atoms. The third-order valence-electron chi connectivity index (χ3n) is 7.05. The molecule has 0 bridgehead atoms. The molecule has 38 heavy (non-hydrogen) atoms. The fourth-order valence-corrected chi connectivity index (χ4v) is 5.43. The molecule has 3 aromatic rings. The Morgan fingerprint density at radius 1 is 1.13 bits per heavy atom. The van der Waals surface area contributed by atoms with Crippen molar-refractivity contribution in [2.45, 2.75) is 58.8 Å². The van der Waals surface area contributed by atoms with E-state index in [1.807, 2.05) is 76.2 Å². The van der Waals surface area contributed by atoms with Crippen molar-refractivity contribution in [3.8, 4) is 5.75 Å². The van der Waals surface area contributed by atoms with Gasteiger partial charge in [0, 0.05) is 24.2 Å². The van der Waals surface area contributed by atoms with E-state index in [9.17, 15) is 9.59 Å². The number of hydrogen-bond acceptors (Lipinski definition) is 5. The first-order valence-corrected chi connectivity index (χ1v) is 13.2. The average molecular weight is 537 g/mol. The number of likely N-dealkylation sites (tertiary alicyclic amines) is 1. The van der Waals surface area contributed by atoms with E-state index in [-0.39, 0.29) is 23.5 Å². The van der Waals surface area contributed by atoms with Crippen LogP contribution in [0, 0.1) is 12.3 Å². The molecule has 2 aliphatic rings. The largest absolute Gasteiger partial charge is 0.489 e. The Kier molecular flexibility index (Phi) is 6.86. The van der Waals surface area contributed by atoms with Gasteiger partial charge in [-0.3, -0.25) is 9.48 Å². The number of aromatic nitrogens is 2. The molecule has 2 heterocycles. The van der Waals surface area contributed by atoms with Crippen molar-refractivity contribution >= 4 is 29.3 Å². The molecular formula is C29H33ClN4O4. The monoisotopic (exact) mass is 536 g/mol. The topological polar surface area (TPSA) is 85.7 Å². The van der Waals surface area contributed by atoms with Crippen LogP contribution in [0.5, 0.6) is 5.75 Å². The summed E-state index contributed by atoms with van der Waals surface area (Å²) in [4.78, 5) is 27.3. The van der Waals surface area contributed by atoms with Crippen molar-refractivity contribution in [2.24, 2.45) is 5.41 Å². The van der Waals surface area contributed by atoms with Gasteiger partial charge in [0.1, 0.15) is 23.7 Å². The molecule has 1 aliphatic heterocycles. The first kappa shape index (κ1) is 26.1. The fraction of sp³-hybridized carbons (Fsp3) is 0.414. The smallest absolute Gasteiger partial charge is 0.410 e. The second kappa shape index (κ2) is 9.98. The number of nitrogens with zero attached hydrogens (tertiary/aromatic N) is 3. The quantitative estimate of drug-likeness (QED) is 0.402. The summed E-state index contributed by atoms with van der Waals surface area (Å²) in [5.74, 6) is 0.423. The highest BCUT2D eigenvalue weighted by Gasteiger charge is 2.55. The van der Waals surface area contributed by atoms with Gasteiger partial charge in [-0.1, -0.05) is 41.9 Å². The van der Waals surface area contributed by atoms with Gasteiger partial charge in [-0.25, -0.2) is 4.79 Å². The van der Waals surface area contributed by atoms with Gasteiger partial charge in [0.15, 0.2) is 0 Å². The van der Waals surface area contributed by atoms with Crippen molar-refractivity contribution in [1.82, 2.24) is 14.7 Å². The maximum atomic E-state index is 13.3. The lowest BCUT2D eigenvalue weighted by Crippen LogP contribution is -2.64. The maximum absolute atomic E-state index is 13.3. The number of amides is 2. The summed E-state index contributed by atoms with van der Waals surface area (Å²) in [5, 5.41) is 7.71. The van der Waals surface area contributed by atoms with Gasteiger partial charge >= 0.3 is 6.09 Å². The molecule has 1 aromatic heterocycles. The van der Waals surface area contributed by atoms with E-state index < -0.39 is 5.60 Å². The van der Waals surface area contributed by atoms with Crippen LogP contribution in [0.4, 0.5) is 10.5 Å².